The van der Waals surface area contributed by atoms with Gasteiger partial charge in [0.15, 0.2) is 5.65 Å². The molecule has 2 atom stereocenters. The lowest BCUT2D eigenvalue weighted by Crippen LogP contribution is -2.09. The third-order valence-electron chi connectivity index (χ3n) is 3.34. The van der Waals surface area contributed by atoms with E-state index in [2.05, 4.69) is 35.3 Å². The Bertz CT molecular complexity index is 517. The van der Waals surface area contributed by atoms with Gasteiger partial charge in [0, 0.05) is 6.54 Å². The molecule has 2 aromatic heterocycles. The van der Waals surface area contributed by atoms with Crippen molar-refractivity contribution >= 4 is 11.5 Å². The van der Waals surface area contributed by atoms with Crippen LogP contribution < -0.4 is 5.32 Å². The van der Waals surface area contributed by atoms with E-state index in [-0.39, 0.29) is 0 Å². The van der Waals surface area contributed by atoms with Crippen LogP contribution in [0.4, 0.5) is 5.82 Å². The number of nitrogens with zero attached hydrogens (tertiary/aromatic N) is 3. The number of fused-ring (bicyclic) bond motifs is 1. The van der Waals surface area contributed by atoms with E-state index in [0.717, 1.165) is 29.8 Å². The highest BCUT2D eigenvalue weighted by atomic mass is 15.3. The molecule has 0 spiro atoms. The quantitative estimate of drug-likeness (QED) is 0.854. The average Bonchev–Trinajstić information content (AvgIpc) is 2.76. The van der Waals surface area contributed by atoms with Gasteiger partial charge in [-0.1, -0.05) is 6.92 Å². The van der Waals surface area contributed by atoms with Crippen LogP contribution in [0.25, 0.3) is 5.65 Å². The molecule has 1 aliphatic rings. The number of aromatic nitrogens is 3. The van der Waals surface area contributed by atoms with Crippen LogP contribution in [0.5, 0.6) is 0 Å². The molecule has 4 heteroatoms. The molecule has 1 fully saturated rings. The molecule has 1 aliphatic carbocycles. The molecule has 0 amide bonds. The van der Waals surface area contributed by atoms with Gasteiger partial charge in [-0.25, -0.2) is 4.98 Å². The average molecular weight is 216 g/mol. The fourth-order valence-corrected chi connectivity index (χ4v) is 2.10. The summed E-state index contributed by atoms with van der Waals surface area (Å²) in [6, 6.07) is 4.16. The van der Waals surface area contributed by atoms with Crippen molar-refractivity contribution in [1.29, 1.82) is 0 Å². The van der Waals surface area contributed by atoms with Gasteiger partial charge < -0.3 is 5.32 Å². The first-order chi connectivity index (χ1) is 7.74. The van der Waals surface area contributed by atoms with Crippen LogP contribution >= 0.6 is 0 Å². The minimum Gasteiger partial charge on any atom is -0.370 e. The summed E-state index contributed by atoms with van der Waals surface area (Å²) in [4.78, 5) is 4.21. The van der Waals surface area contributed by atoms with Gasteiger partial charge >= 0.3 is 0 Å². The van der Waals surface area contributed by atoms with Crippen LogP contribution in [-0.2, 0) is 0 Å². The number of aryl methyl sites for hydroxylation is 1. The molecule has 0 aromatic carbocycles. The second kappa shape index (κ2) is 3.47. The van der Waals surface area contributed by atoms with E-state index in [0.29, 0.717) is 0 Å². The number of hydrogen-bond donors (Lipinski definition) is 1. The first kappa shape index (κ1) is 9.63. The van der Waals surface area contributed by atoms with Gasteiger partial charge in [-0.15, -0.1) is 0 Å². The molecule has 2 aromatic rings. The summed E-state index contributed by atoms with van der Waals surface area (Å²) in [6.07, 6.45) is 2.94. The molecule has 0 bridgehead atoms. The van der Waals surface area contributed by atoms with E-state index in [1.54, 1.807) is 6.33 Å². The lowest BCUT2D eigenvalue weighted by Gasteiger charge is -2.08. The van der Waals surface area contributed by atoms with Crippen molar-refractivity contribution in [2.24, 2.45) is 11.8 Å². The minimum absolute atomic E-state index is 0.832. The summed E-state index contributed by atoms with van der Waals surface area (Å²) in [5, 5.41) is 7.69. The molecule has 1 N–H and O–H groups in total. The number of anilines is 1. The van der Waals surface area contributed by atoms with Gasteiger partial charge in [-0.3, -0.25) is 0 Å². The van der Waals surface area contributed by atoms with Crippen LogP contribution in [0.15, 0.2) is 18.5 Å². The van der Waals surface area contributed by atoms with Gasteiger partial charge in [-0.05, 0) is 42.9 Å². The van der Waals surface area contributed by atoms with Crippen LogP contribution in [-0.4, -0.2) is 21.1 Å². The van der Waals surface area contributed by atoms with E-state index in [4.69, 9.17) is 0 Å². The summed E-state index contributed by atoms with van der Waals surface area (Å²) in [5.74, 6) is 2.76. The summed E-state index contributed by atoms with van der Waals surface area (Å²) < 4.78 is 1.86. The van der Waals surface area contributed by atoms with E-state index in [1.165, 1.54) is 12.0 Å². The smallest absolute Gasteiger partial charge is 0.157 e. The third-order valence-corrected chi connectivity index (χ3v) is 3.34. The summed E-state index contributed by atoms with van der Waals surface area (Å²) in [5.41, 5.74) is 2.12. The Labute approximate surface area is 94.7 Å². The van der Waals surface area contributed by atoms with Crippen LogP contribution in [0.3, 0.4) is 0 Å². The number of nitrogens with one attached hydrogen (secondary N) is 1. The normalized spacial score (nSPS) is 23.6. The molecule has 2 heterocycles. The highest BCUT2D eigenvalue weighted by Gasteiger charge is 2.32. The van der Waals surface area contributed by atoms with E-state index < -0.39 is 0 Å². The predicted molar refractivity (Wildman–Crippen MR) is 63.5 cm³/mol. The number of rotatable bonds is 3. The van der Waals surface area contributed by atoms with Crippen molar-refractivity contribution in [3.63, 3.8) is 0 Å². The zero-order valence-electron chi connectivity index (χ0n) is 9.64. The Morgan fingerprint density at radius 3 is 3.06 bits per heavy atom. The summed E-state index contributed by atoms with van der Waals surface area (Å²) in [6.45, 7) is 5.42. The molecule has 1 saturated carbocycles. The Morgan fingerprint density at radius 2 is 2.31 bits per heavy atom. The first-order valence-corrected chi connectivity index (χ1v) is 5.78. The maximum Gasteiger partial charge on any atom is 0.157 e. The maximum absolute atomic E-state index is 4.22. The molecule has 0 saturated heterocycles. The topological polar surface area (TPSA) is 42.2 Å². The van der Waals surface area contributed by atoms with Crippen molar-refractivity contribution < 1.29 is 0 Å². The summed E-state index contributed by atoms with van der Waals surface area (Å²) in [7, 11) is 0. The Hall–Kier alpha value is -1.58. The molecule has 0 radical (unpaired) electrons. The molecule has 2 unspecified atom stereocenters. The lowest BCUT2D eigenvalue weighted by atomic mass is 10.3. The molecule has 84 valence electrons. The van der Waals surface area contributed by atoms with E-state index >= 15 is 0 Å². The molecule has 4 nitrogen and oxygen atoms in total. The van der Waals surface area contributed by atoms with Gasteiger partial charge in [0.2, 0.25) is 0 Å². The van der Waals surface area contributed by atoms with Crippen LogP contribution in [0.1, 0.15) is 18.9 Å². The number of hydrogen-bond acceptors (Lipinski definition) is 3. The SMILES string of the molecule is Cc1cc(NCC2CC2C)n2ncnc2c1. The highest BCUT2D eigenvalue weighted by Crippen LogP contribution is 2.37. The largest absolute Gasteiger partial charge is 0.370 e. The molecular formula is C12H16N4. The van der Waals surface area contributed by atoms with Gasteiger partial charge in [0.25, 0.3) is 0 Å². The second-order valence-electron chi connectivity index (χ2n) is 4.80. The van der Waals surface area contributed by atoms with Crippen LogP contribution in [0, 0.1) is 18.8 Å². The monoisotopic (exact) mass is 216 g/mol. The van der Waals surface area contributed by atoms with Crippen molar-refractivity contribution in [1.82, 2.24) is 14.6 Å². The zero-order valence-corrected chi connectivity index (χ0v) is 9.64. The zero-order chi connectivity index (χ0) is 11.1. The predicted octanol–water partition coefficient (Wildman–Crippen LogP) is 2.11. The lowest BCUT2D eigenvalue weighted by molar-refractivity contribution is 0.778. The van der Waals surface area contributed by atoms with Gasteiger partial charge in [-0.2, -0.15) is 9.61 Å². The van der Waals surface area contributed by atoms with E-state index in [9.17, 15) is 0 Å². The molecule has 3 rings (SSSR count). The van der Waals surface area contributed by atoms with Crippen molar-refractivity contribution in [3.8, 4) is 0 Å². The Kier molecular flexibility index (Phi) is 2.09. The van der Waals surface area contributed by atoms with E-state index in [1.807, 2.05) is 10.6 Å². The highest BCUT2D eigenvalue weighted by molar-refractivity contribution is 5.51. The molecule has 16 heavy (non-hydrogen) atoms. The maximum atomic E-state index is 4.22. The fourth-order valence-electron chi connectivity index (χ4n) is 2.10. The second-order valence-corrected chi connectivity index (χ2v) is 4.80. The minimum atomic E-state index is 0.832. The molecule has 0 aliphatic heterocycles. The number of pyridine rings is 1. The Balaban J connectivity index is 1.86. The van der Waals surface area contributed by atoms with Crippen molar-refractivity contribution in [2.45, 2.75) is 20.3 Å². The molecular weight excluding hydrogens is 200 g/mol. The standard InChI is InChI=1S/C12H16N4/c1-8-3-11(13-6-10-5-9(10)2)16-12(4-8)14-7-15-16/h3-4,7,9-10,13H,5-6H2,1-2H3. The van der Waals surface area contributed by atoms with Gasteiger partial charge in [0.05, 0.1) is 0 Å². The summed E-state index contributed by atoms with van der Waals surface area (Å²) >= 11 is 0. The van der Waals surface area contributed by atoms with Crippen LogP contribution in [0.2, 0.25) is 0 Å². The Morgan fingerprint density at radius 1 is 1.50 bits per heavy atom. The fraction of sp³-hybridized carbons (Fsp3) is 0.500. The van der Waals surface area contributed by atoms with Crippen molar-refractivity contribution in [3.05, 3.63) is 24.0 Å². The first-order valence-electron chi connectivity index (χ1n) is 5.78. The third kappa shape index (κ3) is 1.64. The van der Waals surface area contributed by atoms with Gasteiger partial charge in [0.1, 0.15) is 12.1 Å². The van der Waals surface area contributed by atoms with Crippen molar-refractivity contribution in [2.75, 3.05) is 11.9 Å².